The molecule has 0 aliphatic carbocycles. The molecule has 0 amide bonds. The lowest BCUT2D eigenvalue weighted by Gasteiger charge is -2.19. The summed E-state index contributed by atoms with van der Waals surface area (Å²) in [5.74, 6) is -0.754. The molecule has 1 aromatic rings. The molecule has 1 fully saturated rings. The van der Waals surface area contributed by atoms with E-state index in [4.69, 9.17) is 0 Å². The van der Waals surface area contributed by atoms with Crippen LogP contribution in [0.4, 0.5) is 0 Å². The van der Waals surface area contributed by atoms with E-state index in [9.17, 15) is 21.6 Å². The third-order valence-electron chi connectivity index (χ3n) is 3.63. The highest BCUT2D eigenvalue weighted by molar-refractivity contribution is 7.92. The third-order valence-corrected chi connectivity index (χ3v) is 7.03. The van der Waals surface area contributed by atoms with Crippen molar-refractivity contribution >= 4 is 25.8 Å². The molecule has 7 nitrogen and oxygen atoms in total. The number of rotatable bonds is 4. The fraction of sp³-hybridized carbons (Fsp3) is 0.462. The number of carbonyl (C=O) groups excluding carboxylic acids is 1. The molecule has 2 rings (SSSR count). The van der Waals surface area contributed by atoms with Gasteiger partial charge in [0.15, 0.2) is 9.84 Å². The summed E-state index contributed by atoms with van der Waals surface area (Å²) in [5.41, 5.74) is 0. The Kier molecular flexibility index (Phi) is 4.59. The van der Waals surface area contributed by atoms with Crippen molar-refractivity contribution in [1.29, 1.82) is 0 Å². The second-order valence-corrected chi connectivity index (χ2v) is 9.25. The van der Waals surface area contributed by atoms with Gasteiger partial charge >= 0.3 is 5.97 Å². The molecule has 2 atom stereocenters. The van der Waals surface area contributed by atoms with Crippen LogP contribution in [-0.2, 0) is 29.4 Å². The minimum atomic E-state index is -3.72. The third kappa shape index (κ3) is 3.16. The van der Waals surface area contributed by atoms with Crippen molar-refractivity contribution in [2.24, 2.45) is 0 Å². The normalized spacial score (nSPS) is 23.4. The molecule has 0 spiro atoms. The fourth-order valence-corrected chi connectivity index (χ4v) is 5.41. The molecule has 0 aromatic heterocycles. The Hall–Kier alpha value is -1.45. The van der Waals surface area contributed by atoms with Crippen LogP contribution in [0.2, 0.25) is 0 Å². The van der Waals surface area contributed by atoms with E-state index in [2.05, 4.69) is 4.74 Å². The predicted octanol–water partition coefficient (Wildman–Crippen LogP) is 0.0358. The number of benzene rings is 1. The zero-order valence-corrected chi connectivity index (χ0v) is 13.8. The molecule has 1 heterocycles. The lowest BCUT2D eigenvalue weighted by atomic mass is 10.2. The number of sulfone groups is 1. The fourth-order valence-electron chi connectivity index (χ4n) is 2.51. The first-order valence-corrected chi connectivity index (χ1v) is 9.91. The van der Waals surface area contributed by atoms with Crippen LogP contribution < -0.4 is 0 Å². The maximum atomic E-state index is 12.6. The highest BCUT2D eigenvalue weighted by atomic mass is 32.2. The highest BCUT2D eigenvalue weighted by Crippen LogP contribution is 2.30. The zero-order chi connectivity index (χ0) is 16.5. The standard InChI is InChI=1S/C13H17NO6S2/c1-20-13(15)12-8-11(9-14(12)21(2,16)17)22(18,19)10-6-4-3-5-7-10/h3-7,11-12H,8-9H2,1-2H3/t11-,12+/m1/s1. The molecule has 0 unspecified atom stereocenters. The first-order valence-electron chi connectivity index (χ1n) is 6.51. The van der Waals surface area contributed by atoms with Gasteiger partial charge in [-0.1, -0.05) is 18.2 Å². The number of hydrogen-bond acceptors (Lipinski definition) is 6. The summed E-state index contributed by atoms with van der Waals surface area (Å²) in [6.07, 6.45) is 0.831. The van der Waals surface area contributed by atoms with Gasteiger partial charge in [0.2, 0.25) is 10.0 Å². The Morgan fingerprint density at radius 2 is 1.77 bits per heavy atom. The summed E-state index contributed by atoms with van der Waals surface area (Å²) in [4.78, 5) is 11.9. The molecule has 0 saturated carbocycles. The van der Waals surface area contributed by atoms with E-state index in [1.807, 2.05) is 0 Å². The number of methoxy groups -OCH3 is 1. The number of ether oxygens (including phenoxy) is 1. The van der Waals surface area contributed by atoms with Crippen LogP contribution in [0.15, 0.2) is 35.2 Å². The molecule has 0 radical (unpaired) electrons. The van der Waals surface area contributed by atoms with Crippen LogP contribution in [0, 0.1) is 0 Å². The average Bonchev–Trinajstić information content (AvgIpc) is 2.93. The van der Waals surface area contributed by atoms with Crippen molar-refractivity contribution < 1.29 is 26.4 Å². The summed E-state index contributed by atoms with van der Waals surface area (Å²) < 4.78 is 54.3. The maximum absolute atomic E-state index is 12.6. The quantitative estimate of drug-likeness (QED) is 0.713. The summed E-state index contributed by atoms with van der Waals surface area (Å²) in [6.45, 7) is -0.254. The summed E-state index contributed by atoms with van der Waals surface area (Å²) >= 11 is 0. The Bertz CT molecular complexity index is 757. The minimum absolute atomic E-state index is 0.110. The first-order chi connectivity index (χ1) is 10.2. The molecule has 1 saturated heterocycles. The van der Waals surface area contributed by atoms with E-state index in [-0.39, 0.29) is 17.9 Å². The smallest absolute Gasteiger partial charge is 0.324 e. The van der Waals surface area contributed by atoms with Gasteiger partial charge in [-0.15, -0.1) is 0 Å². The van der Waals surface area contributed by atoms with Crippen LogP contribution >= 0.6 is 0 Å². The van der Waals surface area contributed by atoms with Crippen LogP contribution in [-0.4, -0.2) is 58.3 Å². The lowest BCUT2D eigenvalue weighted by Crippen LogP contribution is -2.40. The maximum Gasteiger partial charge on any atom is 0.324 e. The molecule has 1 aliphatic rings. The molecule has 1 aromatic carbocycles. The first kappa shape index (κ1) is 16.9. The molecule has 1 aliphatic heterocycles. The molecule has 122 valence electrons. The highest BCUT2D eigenvalue weighted by Gasteiger charge is 2.47. The number of hydrogen-bond donors (Lipinski definition) is 0. The van der Waals surface area contributed by atoms with Gasteiger partial charge in [0, 0.05) is 6.54 Å². The summed E-state index contributed by atoms with van der Waals surface area (Å²) in [7, 11) is -6.29. The monoisotopic (exact) mass is 347 g/mol. The van der Waals surface area contributed by atoms with Crippen molar-refractivity contribution in [3.63, 3.8) is 0 Å². The van der Waals surface area contributed by atoms with Crippen LogP contribution in [0.5, 0.6) is 0 Å². The second kappa shape index (κ2) is 5.98. The summed E-state index contributed by atoms with van der Waals surface area (Å²) in [5, 5.41) is -0.978. The Labute approximate surface area is 129 Å². The summed E-state index contributed by atoms with van der Waals surface area (Å²) in [6, 6.07) is 6.66. The molecular weight excluding hydrogens is 330 g/mol. The number of carbonyl (C=O) groups is 1. The Morgan fingerprint density at radius 3 is 2.27 bits per heavy atom. The van der Waals surface area contributed by atoms with Gasteiger partial charge in [-0.2, -0.15) is 4.31 Å². The van der Waals surface area contributed by atoms with Crippen molar-refractivity contribution in [1.82, 2.24) is 4.31 Å². The molecule has 0 bridgehead atoms. The minimum Gasteiger partial charge on any atom is -0.468 e. The predicted molar refractivity (Wildman–Crippen MR) is 79.4 cm³/mol. The van der Waals surface area contributed by atoms with Crippen LogP contribution in [0.1, 0.15) is 6.42 Å². The number of nitrogens with zero attached hydrogens (tertiary/aromatic N) is 1. The van der Waals surface area contributed by atoms with Gasteiger partial charge in [0.25, 0.3) is 0 Å². The zero-order valence-electron chi connectivity index (χ0n) is 12.2. The van der Waals surface area contributed by atoms with E-state index < -0.39 is 37.1 Å². The van der Waals surface area contributed by atoms with Crippen molar-refractivity contribution in [2.75, 3.05) is 19.9 Å². The molecular formula is C13H17NO6S2. The average molecular weight is 347 g/mol. The number of esters is 1. The lowest BCUT2D eigenvalue weighted by molar-refractivity contribution is -0.144. The van der Waals surface area contributed by atoms with E-state index in [1.54, 1.807) is 18.2 Å². The van der Waals surface area contributed by atoms with Gasteiger partial charge in [0.05, 0.1) is 23.5 Å². The molecule has 9 heteroatoms. The van der Waals surface area contributed by atoms with Gasteiger partial charge in [-0.25, -0.2) is 16.8 Å². The van der Waals surface area contributed by atoms with Gasteiger partial charge in [-0.05, 0) is 18.6 Å². The SMILES string of the molecule is COC(=O)[C@@H]1C[C@@H](S(=O)(=O)c2ccccc2)CN1S(C)(=O)=O. The Balaban J connectivity index is 2.38. The van der Waals surface area contributed by atoms with Crippen LogP contribution in [0.25, 0.3) is 0 Å². The Morgan fingerprint density at radius 1 is 1.18 bits per heavy atom. The second-order valence-electron chi connectivity index (χ2n) is 5.09. The van der Waals surface area contributed by atoms with Crippen molar-refractivity contribution in [3.05, 3.63) is 30.3 Å². The van der Waals surface area contributed by atoms with E-state index in [0.29, 0.717) is 0 Å². The van der Waals surface area contributed by atoms with Crippen molar-refractivity contribution in [3.8, 4) is 0 Å². The molecule has 22 heavy (non-hydrogen) atoms. The van der Waals surface area contributed by atoms with Gasteiger partial charge < -0.3 is 4.74 Å². The van der Waals surface area contributed by atoms with E-state index in [1.165, 1.54) is 12.1 Å². The van der Waals surface area contributed by atoms with E-state index in [0.717, 1.165) is 17.7 Å². The van der Waals surface area contributed by atoms with Crippen molar-refractivity contribution in [2.45, 2.75) is 22.6 Å². The van der Waals surface area contributed by atoms with Gasteiger partial charge in [-0.3, -0.25) is 4.79 Å². The largest absolute Gasteiger partial charge is 0.468 e. The van der Waals surface area contributed by atoms with Gasteiger partial charge in [0.1, 0.15) is 6.04 Å². The number of sulfonamides is 1. The topological polar surface area (TPSA) is 97.8 Å². The van der Waals surface area contributed by atoms with Crippen LogP contribution in [0.3, 0.4) is 0 Å². The van der Waals surface area contributed by atoms with E-state index >= 15 is 0 Å². The molecule has 0 N–H and O–H groups in total.